The molecule has 0 radical (unpaired) electrons. The Balaban J connectivity index is 2.01. The molecule has 0 bridgehead atoms. The zero-order valence-electron chi connectivity index (χ0n) is 11.9. The van der Waals surface area contributed by atoms with Crippen LogP contribution in [-0.2, 0) is 7.05 Å². The van der Waals surface area contributed by atoms with E-state index in [0.717, 1.165) is 31.2 Å². The standard InChI is InChI=1S/C16H19NO3/c1-16(8-4-3-5-9-16)14(18)11-6-7-12-13(10-11)20-15(19)17(12)2/h6-7,10H,3-5,8-9H2,1-2H3. The predicted molar refractivity (Wildman–Crippen MR) is 77.0 cm³/mol. The summed E-state index contributed by atoms with van der Waals surface area (Å²) in [5, 5.41) is 0. The van der Waals surface area contributed by atoms with Crippen LogP contribution in [0.4, 0.5) is 0 Å². The third kappa shape index (κ3) is 1.99. The lowest BCUT2D eigenvalue weighted by Gasteiger charge is -2.32. The highest BCUT2D eigenvalue weighted by Crippen LogP contribution is 2.38. The SMILES string of the molecule is Cn1c(=O)oc2cc(C(=O)C3(C)CCCCC3)ccc21. The molecule has 0 spiro atoms. The molecule has 1 aliphatic carbocycles. The fraction of sp³-hybridized carbons (Fsp3) is 0.500. The lowest BCUT2D eigenvalue weighted by atomic mass is 9.71. The van der Waals surface area contributed by atoms with Crippen LogP contribution >= 0.6 is 0 Å². The molecule has 0 N–H and O–H groups in total. The van der Waals surface area contributed by atoms with E-state index in [0.29, 0.717) is 11.1 Å². The summed E-state index contributed by atoms with van der Waals surface area (Å²) in [5.74, 6) is -0.223. The van der Waals surface area contributed by atoms with Crippen LogP contribution in [0.5, 0.6) is 0 Å². The Morgan fingerprint density at radius 3 is 2.65 bits per heavy atom. The molecule has 1 heterocycles. The van der Waals surface area contributed by atoms with E-state index in [1.54, 1.807) is 25.2 Å². The van der Waals surface area contributed by atoms with Gasteiger partial charge in [-0.3, -0.25) is 9.36 Å². The third-order valence-electron chi connectivity index (χ3n) is 4.56. The Morgan fingerprint density at radius 2 is 1.95 bits per heavy atom. The topological polar surface area (TPSA) is 52.2 Å². The van der Waals surface area contributed by atoms with Gasteiger partial charge in [-0.05, 0) is 31.0 Å². The van der Waals surface area contributed by atoms with Gasteiger partial charge in [-0.25, -0.2) is 4.79 Å². The maximum atomic E-state index is 12.7. The summed E-state index contributed by atoms with van der Waals surface area (Å²) in [6, 6.07) is 5.30. The van der Waals surface area contributed by atoms with Crippen molar-refractivity contribution in [2.45, 2.75) is 39.0 Å². The van der Waals surface area contributed by atoms with Gasteiger partial charge in [-0.15, -0.1) is 0 Å². The maximum absolute atomic E-state index is 12.7. The number of hydrogen-bond donors (Lipinski definition) is 0. The van der Waals surface area contributed by atoms with Gasteiger partial charge >= 0.3 is 5.76 Å². The van der Waals surface area contributed by atoms with Crippen molar-refractivity contribution in [1.82, 2.24) is 4.57 Å². The molecule has 2 aromatic rings. The van der Waals surface area contributed by atoms with Crippen molar-refractivity contribution in [2.75, 3.05) is 0 Å². The minimum atomic E-state index is -0.395. The van der Waals surface area contributed by atoms with Gasteiger partial charge in [0.15, 0.2) is 11.4 Å². The largest absolute Gasteiger partial charge is 0.419 e. The first-order valence-electron chi connectivity index (χ1n) is 7.16. The molecule has 106 valence electrons. The zero-order chi connectivity index (χ0) is 14.3. The monoisotopic (exact) mass is 273 g/mol. The first-order chi connectivity index (χ1) is 9.51. The van der Waals surface area contributed by atoms with Crippen molar-refractivity contribution in [2.24, 2.45) is 12.5 Å². The predicted octanol–water partition coefficient (Wildman–Crippen LogP) is 3.28. The number of Topliss-reactive ketones (excluding diaryl/α,β-unsaturated/α-hetero) is 1. The Kier molecular flexibility index (Phi) is 3.04. The molecular formula is C16H19NO3. The normalized spacial score (nSPS) is 18.3. The third-order valence-corrected chi connectivity index (χ3v) is 4.56. The van der Waals surface area contributed by atoms with Gasteiger partial charge in [-0.2, -0.15) is 0 Å². The summed E-state index contributed by atoms with van der Waals surface area (Å²) in [4.78, 5) is 24.2. The van der Waals surface area contributed by atoms with Gasteiger partial charge in [0.2, 0.25) is 0 Å². The van der Waals surface area contributed by atoms with E-state index >= 15 is 0 Å². The Morgan fingerprint density at radius 1 is 1.25 bits per heavy atom. The number of rotatable bonds is 2. The number of ketones is 1. The molecule has 4 nitrogen and oxygen atoms in total. The summed E-state index contributed by atoms with van der Waals surface area (Å²) < 4.78 is 6.62. The molecule has 4 heteroatoms. The summed E-state index contributed by atoms with van der Waals surface area (Å²) in [6.07, 6.45) is 5.34. The van der Waals surface area contributed by atoms with E-state index < -0.39 is 5.76 Å². The second kappa shape index (κ2) is 4.62. The smallest absolute Gasteiger partial charge is 0.408 e. The number of carbonyl (C=O) groups is 1. The van der Waals surface area contributed by atoms with E-state index in [2.05, 4.69) is 6.92 Å². The van der Waals surface area contributed by atoms with E-state index in [9.17, 15) is 9.59 Å². The summed E-state index contributed by atoms with van der Waals surface area (Å²) in [5.41, 5.74) is 1.60. The Labute approximate surface area is 117 Å². The van der Waals surface area contributed by atoms with Crippen molar-refractivity contribution in [3.05, 3.63) is 34.3 Å². The highest BCUT2D eigenvalue weighted by atomic mass is 16.4. The molecule has 0 atom stereocenters. The van der Waals surface area contributed by atoms with E-state index in [1.165, 1.54) is 11.0 Å². The number of fused-ring (bicyclic) bond motifs is 1. The van der Waals surface area contributed by atoms with E-state index in [4.69, 9.17) is 4.42 Å². The second-order valence-electron chi connectivity index (χ2n) is 6.06. The van der Waals surface area contributed by atoms with Gasteiger partial charge in [0.1, 0.15) is 0 Å². The van der Waals surface area contributed by atoms with Crippen LogP contribution in [0, 0.1) is 5.41 Å². The molecule has 0 amide bonds. The highest BCUT2D eigenvalue weighted by Gasteiger charge is 2.35. The Bertz CT molecular complexity index is 717. The first-order valence-corrected chi connectivity index (χ1v) is 7.16. The van der Waals surface area contributed by atoms with Crippen LogP contribution < -0.4 is 5.76 Å². The average molecular weight is 273 g/mol. The molecule has 20 heavy (non-hydrogen) atoms. The molecule has 0 aliphatic heterocycles. The van der Waals surface area contributed by atoms with Crippen molar-refractivity contribution >= 4 is 16.9 Å². The fourth-order valence-corrected chi connectivity index (χ4v) is 3.18. The van der Waals surface area contributed by atoms with Crippen LogP contribution in [0.1, 0.15) is 49.4 Å². The zero-order valence-corrected chi connectivity index (χ0v) is 11.9. The quantitative estimate of drug-likeness (QED) is 0.789. The maximum Gasteiger partial charge on any atom is 0.419 e. The lowest BCUT2D eigenvalue weighted by Crippen LogP contribution is -2.30. The van der Waals surface area contributed by atoms with Gasteiger partial charge in [0.25, 0.3) is 0 Å². The van der Waals surface area contributed by atoms with Crippen LogP contribution in [0.25, 0.3) is 11.1 Å². The number of aromatic nitrogens is 1. The van der Waals surface area contributed by atoms with Crippen molar-refractivity contribution < 1.29 is 9.21 Å². The Hall–Kier alpha value is -1.84. The fourth-order valence-electron chi connectivity index (χ4n) is 3.18. The molecule has 0 saturated heterocycles. The number of benzene rings is 1. The number of oxazole rings is 1. The van der Waals surface area contributed by atoms with Crippen molar-refractivity contribution in [3.8, 4) is 0 Å². The molecule has 1 aromatic heterocycles. The van der Waals surface area contributed by atoms with Crippen LogP contribution in [0.2, 0.25) is 0 Å². The molecule has 1 saturated carbocycles. The van der Waals surface area contributed by atoms with Gasteiger partial charge in [0.05, 0.1) is 5.52 Å². The van der Waals surface area contributed by atoms with E-state index in [1.807, 2.05) is 0 Å². The molecule has 3 rings (SSSR count). The van der Waals surface area contributed by atoms with Crippen molar-refractivity contribution in [3.63, 3.8) is 0 Å². The summed E-state index contributed by atoms with van der Waals surface area (Å²) in [6.45, 7) is 2.06. The lowest BCUT2D eigenvalue weighted by molar-refractivity contribution is 0.0749. The molecule has 1 fully saturated rings. The number of carbonyl (C=O) groups excluding carboxylic acids is 1. The van der Waals surface area contributed by atoms with Crippen molar-refractivity contribution in [1.29, 1.82) is 0 Å². The first kappa shape index (κ1) is 13.2. The molecule has 0 unspecified atom stereocenters. The summed E-state index contributed by atoms with van der Waals surface area (Å²) in [7, 11) is 1.66. The molecule has 1 aliphatic rings. The van der Waals surface area contributed by atoms with Crippen LogP contribution in [-0.4, -0.2) is 10.4 Å². The summed E-state index contributed by atoms with van der Waals surface area (Å²) >= 11 is 0. The minimum Gasteiger partial charge on any atom is -0.408 e. The second-order valence-corrected chi connectivity index (χ2v) is 6.06. The molecule has 1 aromatic carbocycles. The highest BCUT2D eigenvalue weighted by molar-refractivity contribution is 6.02. The average Bonchev–Trinajstić information content (AvgIpc) is 2.73. The van der Waals surface area contributed by atoms with E-state index in [-0.39, 0.29) is 11.2 Å². The van der Waals surface area contributed by atoms with Crippen LogP contribution in [0.3, 0.4) is 0 Å². The number of aryl methyl sites for hydroxylation is 1. The van der Waals surface area contributed by atoms with Gasteiger partial charge in [0, 0.05) is 18.0 Å². The number of hydrogen-bond acceptors (Lipinski definition) is 3. The van der Waals surface area contributed by atoms with Crippen LogP contribution in [0.15, 0.2) is 27.4 Å². The minimum absolute atomic E-state index is 0.172. The number of nitrogens with zero attached hydrogens (tertiary/aromatic N) is 1. The van der Waals surface area contributed by atoms with Gasteiger partial charge in [-0.1, -0.05) is 26.2 Å². The molecular weight excluding hydrogens is 254 g/mol. The van der Waals surface area contributed by atoms with Gasteiger partial charge < -0.3 is 4.42 Å².